The molecular weight excluding hydrogens is 356 g/mol. The molecule has 1 unspecified atom stereocenters. The Hall–Kier alpha value is -2.70. The Morgan fingerprint density at radius 1 is 1.18 bits per heavy atom. The van der Waals surface area contributed by atoms with E-state index >= 15 is 0 Å². The Morgan fingerprint density at radius 3 is 2.61 bits per heavy atom. The van der Waals surface area contributed by atoms with Gasteiger partial charge in [-0.25, -0.2) is 15.0 Å². The van der Waals surface area contributed by atoms with Gasteiger partial charge in [0.15, 0.2) is 0 Å². The third-order valence-corrected chi connectivity index (χ3v) is 4.62. The fraction of sp³-hybridized carbons (Fsp3) is 0.524. The van der Waals surface area contributed by atoms with Crippen molar-refractivity contribution in [1.82, 2.24) is 15.0 Å². The topological polar surface area (TPSA) is 97.2 Å². The summed E-state index contributed by atoms with van der Waals surface area (Å²) in [6, 6.07) is 6.38. The van der Waals surface area contributed by atoms with Crippen LogP contribution in [0.2, 0.25) is 0 Å². The molecule has 0 bridgehead atoms. The van der Waals surface area contributed by atoms with Crippen molar-refractivity contribution in [2.75, 3.05) is 19.0 Å². The first-order chi connectivity index (χ1) is 13.6. The molecule has 0 amide bonds. The summed E-state index contributed by atoms with van der Waals surface area (Å²) in [6.07, 6.45) is 9.45. The number of pyridine rings is 1. The van der Waals surface area contributed by atoms with Gasteiger partial charge in [0.2, 0.25) is 0 Å². The molecule has 0 saturated heterocycles. The number of carbonyl (C=O) groups is 1. The summed E-state index contributed by atoms with van der Waals surface area (Å²) in [7, 11) is 1.51. The molecule has 0 aliphatic rings. The predicted molar refractivity (Wildman–Crippen MR) is 109 cm³/mol. The molecule has 0 fully saturated rings. The summed E-state index contributed by atoms with van der Waals surface area (Å²) >= 11 is 0. The first kappa shape index (κ1) is 21.6. The number of rotatable bonds is 13. The number of methoxy groups -OCH3 is 1. The molecule has 1 atom stereocenters. The van der Waals surface area contributed by atoms with Crippen molar-refractivity contribution >= 4 is 11.8 Å². The molecule has 2 aromatic heterocycles. The molecule has 2 heterocycles. The van der Waals surface area contributed by atoms with Crippen LogP contribution >= 0.6 is 0 Å². The number of aromatic nitrogens is 3. The van der Waals surface area contributed by atoms with Gasteiger partial charge in [0.05, 0.1) is 13.5 Å². The van der Waals surface area contributed by atoms with E-state index in [9.17, 15) is 9.90 Å². The van der Waals surface area contributed by atoms with E-state index in [1.807, 2.05) is 12.1 Å². The second kappa shape index (κ2) is 11.9. The van der Waals surface area contributed by atoms with Crippen LogP contribution in [0.25, 0.3) is 0 Å². The third-order valence-electron chi connectivity index (χ3n) is 4.62. The molecule has 28 heavy (non-hydrogen) atoms. The number of carboxylic acid groups (broad SMARTS) is 1. The molecule has 0 spiro atoms. The van der Waals surface area contributed by atoms with E-state index in [1.165, 1.54) is 7.11 Å². The number of hydrogen-bond donors (Lipinski definition) is 2. The van der Waals surface area contributed by atoms with Crippen LogP contribution in [0.3, 0.4) is 0 Å². The van der Waals surface area contributed by atoms with Crippen LogP contribution in [0.1, 0.15) is 62.6 Å². The number of ether oxygens (including phenoxy) is 1. The monoisotopic (exact) mass is 386 g/mol. The molecule has 2 aromatic rings. The lowest BCUT2D eigenvalue weighted by Gasteiger charge is -2.14. The van der Waals surface area contributed by atoms with Gasteiger partial charge in [-0.1, -0.05) is 25.3 Å². The van der Waals surface area contributed by atoms with Gasteiger partial charge in [-0.05, 0) is 49.8 Å². The van der Waals surface area contributed by atoms with Crippen LogP contribution < -0.4 is 10.1 Å². The first-order valence-corrected chi connectivity index (χ1v) is 9.90. The predicted octanol–water partition coefficient (Wildman–Crippen LogP) is 4.06. The van der Waals surface area contributed by atoms with E-state index in [0.29, 0.717) is 6.01 Å². The van der Waals surface area contributed by atoms with E-state index in [-0.39, 0.29) is 12.3 Å². The minimum absolute atomic E-state index is 0.0677. The minimum Gasteiger partial charge on any atom is -0.481 e. The van der Waals surface area contributed by atoms with Crippen molar-refractivity contribution in [1.29, 1.82) is 0 Å². The number of carboxylic acids is 1. The van der Waals surface area contributed by atoms with Crippen LogP contribution in [0.5, 0.6) is 6.01 Å². The van der Waals surface area contributed by atoms with Gasteiger partial charge in [0, 0.05) is 24.6 Å². The lowest BCUT2D eigenvalue weighted by molar-refractivity contribution is -0.137. The molecule has 7 heteroatoms. The first-order valence-electron chi connectivity index (χ1n) is 9.90. The number of unbranched alkanes of at least 4 members (excludes halogenated alkanes) is 3. The average molecular weight is 386 g/mol. The molecule has 0 saturated carbocycles. The second-order valence-corrected chi connectivity index (χ2v) is 6.80. The fourth-order valence-corrected chi connectivity index (χ4v) is 3.19. The van der Waals surface area contributed by atoms with E-state index < -0.39 is 5.97 Å². The van der Waals surface area contributed by atoms with E-state index in [2.05, 4.69) is 33.3 Å². The van der Waals surface area contributed by atoms with Crippen molar-refractivity contribution < 1.29 is 14.6 Å². The summed E-state index contributed by atoms with van der Waals surface area (Å²) in [5.74, 6) is 0.0626. The molecule has 0 aliphatic carbocycles. The number of anilines is 1. The summed E-state index contributed by atoms with van der Waals surface area (Å²) in [6.45, 7) is 2.93. The molecule has 0 aromatic carbocycles. The van der Waals surface area contributed by atoms with Gasteiger partial charge in [-0.15, -0.1) is 0 Å². The minimum atomic E-state index is -0.799. The number of aliphatic carboxylic acids is 1. The van der Waals surface area contributed by atoms with Crippen molar-refractivity contribution in [3.05, 3.63) is 41.9 Å². The Labute approximate surface area is 166 Å². The standard InChI is InChI=1S/C21H30N4O3/c1-3-22-19-12-8-11-18(25-19)10-7-5-4-6-9-16(13-20(26)27)17-14-23-21(28-2)24-15-17/h8,11-12,14-16H,3-7,9-10,13H2,1-2H3,(H,22,25)(H,26,27). The van der Waals surface area contributed by atoms with Crippen LogP contribution in [-0.2, 0) is 11.2 Å². The molecule has 0 radical (unpaired) electrons. The van der Waals surface area contributed by atoms with Crippen LogP contribution in [0.4, 0.5) is 5.82 Å². The maximum absolute atomic E-state index is 11.2. The zero-order chi connectivity index (χ0) is 20.2. The number of hydrogen-bond acceptors (Lipinski definition) is 6. The Balaban J connectivity index is 1.74. The molecule has 152 valence electrons. The zero-order valence-corrected chi connectivity index (χ0v) is 16.7. The van der Waals surface area contributed by atoms with Gasteiger partial charge in [-0.3, -0.25) is 4.79 Å². The maximum atomic E-state index is 11.2. The van der Waals surface area contributed by atoms with Crippen molar-refractivity contribution in [3.8, 4) is 6.01 Å². The van der Waals surface area contributed by atoms with E-state index in [0.717, 1.165) is 62.1 Å². The normalized spacial score (nSPS) is 11.8. The maximum Gasteiger partial charge on any atom is 0.316 e. The van der Waals surface area contributed by atoms with Gasteiger partial charge in [0.1, 0.15) is 5.82 Å². The fourth-order valence-electron chi connectivity index (χ4n) is 3.19. The number of nitrogens with zero attached hydrogens (tertiary/aromatic N) is 3. The highest BCUT2D eigenvalue weighted by Crippen LogP contribution is 2.26. The quantitative estimate of drug-likeness (QED) is 0.501. The van der Waals surface area contributed by atoms with Crippen molar-refractivity contribution in [3.63, 3.8) is 0 Å². The lowest BCUT2D eigenvalue weighted by Crippen LogP contribution is -2.08. The summed E-state index contributed by atoms with van der Waals surface area (Å²) in [5.41, 5.74) is 1.96. The van der Waals surface area contributed by atoms with E-state index in [4.69, 9.17) is 4.74 Å². The molecular formula is C21H30N4O3. The van der Waals surface area contributed by atoms with Crippen LogP contribution in [0.15, 0.2) is 30.6 Å². The smallest absolute Gasteiger partial charge is 0.316 e. The van der Waals surface area contributed by atoms with Gasteiger partial charge >= 0.3 is 12.0 Å². The van der Waals surface area contributed by atoms with E-state index in [1.54, 1.807) is 12.4 Å². The highest BCUT2D eigenvalue weighted by Gasteiger charge is 2.16. The molecule has 0 aliphatic heterocycles. The Kier molecular flexibility index (Phi) is 9.18. The largest absolute Gasteiger partial charge is 0.481 e. The van der Waals surface area contributed by atoms with Crippen LogP contribution in [0, 0.1) is 0 Å². The van der Waals surface area contributed by atoms with Gasteiger partial charge < -0.3 is 15.2 Å². The van der Waals surface area contributed by atoms with Gasteiger partial charge in [0.25, 0.3) is 0 Å². The zero-order valence-electron chi connectivity index (χ0n) is 16.7. The number of aryl methyl sites for hydroxylation is 1. The van der Waals surface area contributed by atoms with Crippen molar-refractivity contribution in [2.45, 2.75) is 57.8 Å². The SMILES string of the molecule is CCNc1cccc(CCCCCCC(CC(=O)O)c2cnc(OC)nc2)n1. The Bertz CT molecular complexity index is 722. The second-order valence-electron chi connectivity index (χ2n) is 6.80. The highest BCUT2D eigenvalue weighted by molar-refractivity contribution is 5.68. The highest BCUT2D eigenvalue weighted by atomic mass is 16.5. The number of nitrogens with one attached hydrogen (secondary N) is 1. The molecule has 7 nitrogen and oxygen atoms in total. The molecule has 2 N–H and O–H groups in total. The summed E-state index contributed by atoms with van der Waals surface area (Å²) in [5, 5.41) is 12.4. The third kappa shape index (κ3) is 7.50. The van der Waals surface area contributed by atoms with Crippen LogP contribution in [-0.4, -0.2) is 39.7 Å². The van der Waals surface area contributed by atoms with Gasteiger partial charge in [-0.2, -0.15) is 0 Å². The van der Waals surface area contributed by atoms with Crippen molar-refractivity contribution in [2.24, 2.45) is 0 Å². The molecule has 2 rings (SSSR count). The lowest BCUT2D eigenvalue weighted by atomic mass is 9.92. The summed E-state index contributed by atoms with van der Waals surface area (Å²) in [4.78, 5) is 24.0. The average Bonchev–Trinajstić information content (AvgIpc) is 2.70. The summed E-state index contributed by atoms with van der Waals surface area (Å²) < 4.78 is 4.97. The Morgan fingerprint density at radius 2 is 1.93 bits per heavy atom.